The van der Waals surface area contributed by atoms with E-state index in [9.17, 15) is 4.39 Å². The Morgan fingerprint density at radius 1 is 1.22 bits per heavy atom. The lowest BCUT2D eigenvalue weighted by Crippen LogP contribution is -2.46. The molecule has 27 heavy (non-hydrogen) atoms. The molecule has 2 heterocycles. The number of rotatable bonds is 4. The van der Waals surface area contributed by atoms with Gasteiger partial charge in [-0.25, -0.2) is 9.37 Å². The highest BCUT2D eigenvalue weighted by atomic mass is 127. The predicted molar refractivity (Wildman–Crippen MR) is 118 cm³/mol. The first-order valence-electron chi connectivity index (χ1n) is 10.1. The molecule has 3 unspecified atom stereocenters. The molecule has 7 heteroatoms. The minimum Gasteiger partial charge on any atom is -0.353 e. The first kappa shape index (κ1) is 20.6. The van der Waals surface area contributed by atoms with Gasteiger partial charge in [-0.3, -0.25) is 4.99 Å². The third kappa shape index (κ3) is 5.03. The van der Waals surface area contributed by atoms with Crippen LogP contribution in [0.3, 0.4) is 0 Å². The van der Waals surface area contributed by atoms with Crippen LogP contribution in [-0.2, 0) is 0 Å². The zero-order valence-electron chi connectivity index (χ0n) is 16.0. The molecule has 2 aliphatic carbocycles. The van der Waals surface area contributed by atoms with Crippen molar-refractivity contribution in [3.05, 3.63) is 24.1 Å². The number of aliphatic imine (C=N–C) groups is 1. The zero-order chi connectivity index (χ0) is 17.9. The fraction of sp³-hybridized carbons (Fsp3) is 0.700. The zero-order valence-corrected chi connectivity index (χ0v) is 18.4. The molecule has 150 valence electrons. The van der Waals surface area contributed by atoms with Gasteiger partial charge in [0.05, 0.1) is 0 Å². The van der Waals surface area contributed by atoms with Gasteiger partial charge in [0.2, 0.25) is 0 Å². The van der Waals surface area contributed by atoms with Gasteiger partial charge in [0, 0.05) is 38.4 Å². The van der Waals surface area contributed by atoms with E-state index in [2.05, 4.69) is 20.6 Å². The molecule has 1 aliphatic heterocycles. The second-order valence-corrected chi connectivity index (χ2v) is 8.01. The van der Waals surface area contributed by atoms with Crippen LogP contribution in [0.5, 0.6) is 0 Å². The summed E-state index contributed by atoms with van der Waals surface area (Å²) in [6, 6.07) is 3.96. The van der Waals surface area contributed by atoms with Gasteiger partial charge in [0.15, 0.2) is 17.6 Å². The van der Waals surface area contributed by atoms with Crippen molar-refractivity contribution in [2.75, 3.05) is 25.0 Å². The third-order valence-electron chi connectivity index (χ3n) is 6.21. The van der Waals surface area contributed by atoms with Crippen molar-refractivity contribution in [1.82, 2.24) is 15.6 Å². The highest BCUT2D eigenvalue weighted by molar-refractivity contribution is 14.0. The monoisotopic (exact) mass is 487 g/mol. The Balaban J connectivity index is 0.00000210. The van der Waals surface area contributed by atoms with E-state index < -0.39 is 0 Å². The van der Waals surface area contributed by atoms with Gasteiger partial charge in [-0.05, 0) is 36.8 Å². The number of nitrogens with one attached hydrogen (secondary N) is 2. The van der Waals surface area contributed by atoms with Gasteiger partial charge in [-0.2, -0.15) is 0 Å². The maximum atomic E-state index is 13.9. The lowest BCUT2D eigenvalue weighted by Gasteiger charge is -2.23. The molecule has 2 saturated carbocycles. The highest BCUT2D eigenvalue weighted by Crippen LogP contribution is 2.44. The van der Waals surface area contributed by atoms with Crippen LogP contribution >= 0.6 is 24.0 Å². The fourth-order valence-corrected chi connectivity index (χ4v) is 4.68. The van der Waals surface area contributed by atoms with E-state index in [1.807, 2.05) is 11.9 Å². The van der Waals surface area contributed by atoms with Gasteiger partial charge < -0.3 is 15.5 Å². The summed E-state index contributed by atoms with van der Waals surface area (Å²) >= 11 is 0. The topological polar surface area (TPSA) is 52.6 Å². The van der Waals surface area contributed by atoms with Gasteiger partial charge in [-0.15, -0.1) is 24.0 Å². The number of guanidine groups is 1. The van der Waals surface area contributed by atoms with Crippen LogP contribution in [0.1, 0.15) is 44.9 Å². The normalized spacial score (nSPS) is 28.6. The minimum absolute atomic E-state index is 0. The van der Waals surface area contributed by atoms with Crippen molar-refractivity contribution in [3.63, 3.8) is 0 Å². The van der Waals surface area contributed by atoms with Gasteiger partial charge in [0.1, 0.15) is 0 Å². The Labute approximate surface area is 178 Å². The van der Waals surface area contributed by atoms with E-state index in [0.717, 1.165) is 37.3 Å². The standard InChI is InChI=1S/C20H30FN5.HI/c1-22-20(25-18-12-16(18)14-6-3-2-4-7-14)24-15-9-11-26(13-15)19-17(21)8-5-10-23-19;/h5,8,10,14-16,18H,2-4,6-7,9,11-13H2,1H3,(H2,22,24,25);1H. The molecule has 5 nitrogen and oxygen atoms in total. The summed E-state index contributed by atoms with van der Waals surface area (Å²) in [4.78, 5) is 10.6. The summed E-state index contributed by atoms with van der Waals surface area (Å²) in [5.74, 6) is 2.84. The lowest BCUT2D eigenvalue weighted by atomic mass is 9.85. The third-order valence-corrected chi connectivity index (χ3v) is 6.21. The molecule has 0 radical (unpaired) electrons. The molecule has 0 spiro atoms. The molecule has 1 aromatic heterocycles. The molecule has 0 bridgehead atoms. The van der Waals surface area contributed by atoms with E-state index in [1.165, 1.54) is 44.6 Å². The van der Waals surface area contributed by atoms with Crippen molar-refractivity contribution in [2.45, 2.75) is 57.0 Å². The van der Waals surface area contributed by atoms with E-state index in [1.54, 1.807) is 12.3 Å². The van der Waals surface area contributed by atoms with Gasteiger partial charge in [0.25, 0.3) is 0 Å². The molecule has 0 amide bonds. The molecule has 3 fully saturated rings. The van der Waals surface area contributed by atoms with E-state index in [0.29, 0.717) is 11.9 Å². The molecule has 1 saturated heterocycles. The summed E-state index contributed by atoms with van der Waals surface area (Å²) in [6.07, 6.45) is 10.9. The van der Waals surface area contributed by atoms with Crippen LogP contribution in [0.4, 0.5) is 10.2 Å². The van der Waals surface area contributed by atoms with Gasteiger partial charge in [-0.1, -0.05) is 32.1 Å². The van der Waals surface area contributed by atoms with Crippen molar-refractivity contribution < 1.29 is 4.39 Å². The molecule has 3 atom stereocenters. The van der Waals surface area contributed by atoms with Crippen molar-refractivity contribution >= 4 is 35.8 Å². The molecule has 2 N–H and O–H groups in total. The van der Waals surface area contributed by atoms with Crippen LogP contribution in [-0.4, -0.2) is 43.2 Å². The molecular formula is C20H31FIN5. The van der Waals surface area contributed by atoms with Gasteiger partial charge >= 0.3 is 0 Å². The van der Waals surface area contributed by atoms with E-state index in [-0.39, 0.29) is 35.8 Å². The summed E-state index contributed by atoms with van der Waals surface area (Å²) in [6.45, 7) is 1.57. The quantitative estimate of drug-likeness (QED) is 0.388. The maximum absolute atomic E-state index is 13.9. The number of aromatic nitrogens is 1. The van der Waals surface area contributed by atoms with Crippen LogP contribution in [0.2, 0.25) is 0 Å². The van der Waals surface area contributed by atoms with Crippen LogP contribution in [0.15, 0.2) is 23.3 Å². The van der Waals surface area contributed by atoms with E-state index in [4.69, 9.17) is 0 Å². The Bertz CT molecular complexity index is 649. The van der Waals surface area contributed by atoms with Crippen LogP contribution < -0.4 is 15.5 Å². The smallest absolute Gasteiger partial charge is 0.191 e. The SMILES string of the molecule is CN=C(NC1CCN(c2ncccc2F)C1)NC1CC1C1CCCCC1.I. The lowest BCUT2D eigenvalue weighted by molar-refractivity contribution is 0.315. The Morgan fingerprint density at radius 2 is 2.04 bits per heavy atom. The summed E-state index contributed by atoms with van der Waals surface area (Å²) < 4.78 is 13.9. The molecule has 4 rings (SSSR count). The van der Waals surface area contributed by atoms with Crippen molar-refractivity contribution in [3.8, 4) is 0 Å². The Hall–Kier alpha value is -1.12. The largest absolute Gasteiger partial charge is 0.353 e. The number of nitrogens with zero attached hydrogens (tertiary/aromatic N) is 3. The van der Waals surface area contributed by atoms with Crippen LogP contribution in [0, 0.1) is 17.7 Å². The molecule has 1 aromatic rings. The summed E-state index contributed by atoms with van der Waals surface area (Å²) in [5, 5.41) is 7.14. The predicted octanol–water partition coefficient (Wildman–Crippen LogP) is 3.55. The van der Waals surface area contributed by atoms with Crippen molar-refractivity contribution in [1.29, 1.82) is 0 Å². The summed E-state index contributed by atoms with van der Waals surface area (Å²) in [5.41, 5.74) is 0. The van der Waals surface area contributed by atoms with E-state index >= 15 is 0 Å². The Kier molecular flexibility index (Phi) is 7.16. The second kappa shape index (κ2) is 9.39. The highest BCUT2D eigenvalue weighted by Gasteiger charge is 2.43. The van der Waals surface area contributed by atoms with Crippen LogP contribution in [0.25, 0.3) is 0 Å². The second-order valence-electron chi connectivity index (χ2n) is 8.01. The Morgan fingerprint density at radius 3 is 2.78 bits per heavy atom. The maximum Gasteiger partial charge on any atom is 0.191 e. The van der Waals surface area contributed by atoms with Crippen molar-refractivity contribution in [2.24, 2.45) is 16.8 Å². The average Bonchev–Trinajstić information content (AvgIpc) is 3.29. The minimum atomic E-state index is -0.246. The molecule has 3 aliphatic rings. The summed E-state index contributed by atoms with van der Waals surface area (Å²) in [7, 11) is 1.83. The first-order valence-corrected chi connectivity index (χ1v) is 10.1. The number of anilines is 1. The molecule has 0 aromatic carbocycles. The first-order chi connectivity index (χ1) is 12.7. The fourth-order valence-electron chi connectivity index (χ4n) is 4.68. The number of pyridine rings is 1. The number of hydrogen-bond acceptors (Lipinski definition) is 3. The molecular weight excluding hydrogens is 456 g/mol. The number of halogens is 2. The number of hydrogen-bond donors (Lipinski definition) is 2. The average molecular weight is 487 g/mol.